The van der Waals surface area contributed by atoms with Crippen molar-refractivity contribution in [2.45, 2.75) is 26.3 Å². The standard InChI is InChI=1S/C24H33N5O2.HI/c1-5-13-26-22(30)20-10-7-9-19(16-20)17-28-24(25-2)27-14-12-18-8-6-11-21(15-18)23(31)29(3)4;/h6-11,15-16H,5,12-14,17H2,1-4H3,(H,26,30)(H2,25,27,28);1H. The summed E-state index contributed by atoms with van der Waals surface area (Å²) in [6.07, 6.45) is 1.67. The highest BCUT2D eigenvalue weighted by atomic mass is 127. The molecule has 0 aromatic heterocycles. The minimum atomic E-state index is -0.0545. The SMILES string of the molecule is CCCNC(=O)c1cccc(CNC(=NC)NCCc2cccc(C(=O)N(C)C)c2)c1.I. The van der Waals surface area contributed by atoms with Crippen LogP contribution < -0.4 is 16.0 Å². The van der Waals surface area contributed by atoms with Crippen LogP contribution in [0.15, 0.2) is 53.5 Å². The van der Waals surface area contributed by atoms with Crippen LogP contribution in [0.5, 0.6) is 0 Å². The fraction of sp³-hybridized carbons (Fsp3) is 0.375. The molecule has 2 amide bonds. The summed E-state index contributed by atoms with van der Waals surface area (Å²) in [5.41, 5.74) is 3.43. The number of benzene rings is 2. The number of rotatable bonds is 9. The fourth-order valence-electron chi connectivity index (χ4n) is 3.01. The molecule has 2 aromatic rings. The molecule has 0 saturated carbocycles. The zero-order valence-corrected chi connectivity index (χ0v) is 21.6. The molecule has 174 valence electrons. The first-order valence-electron chi connectivity index (χ1n) is 10.6. The van der Waals surface area contributed by atoms with Gasteiger partial charge in [0, 0.05) is 51.9 Å². The Bertz CT molecular complexity index is 915. The normalized spacial score (nSPS) is 10.7. The van der Waals surface area contributed by atoms with Gasteiger partial charge in [0.1, 0.15) is 0 Å². The van der Waals surface area contributed by atoms with E-state index in [1.54, 1.807) is 26.0 Å². The van der Waals surface area contributed by atoms with Crippen LogP contribution in [-0.4, -0.2) is 56.9 Å². The number of aliphatic imine (C=N–C) groups is 1. The fourth-order valence-corrected chi connectivity index (χ4v) is 3.01. The predicted octanol–water partition coefficient (Wildman–Crippen LogP) is 3.05. The first kappa shape index (κ1) is 27.4. The molecular formula is C24H34IN5O2. The minimum absolute atomic E-state index is 0. The largest absolute Gasteiger partial charge is 0.356 e. The van der Waals surface area contributed by atoms with Gasteiger partial charge in [-0.1, -0.05) is 31.2 Å². The third-order valence-corrected chi connectivity index (χ3v) is 4.69. The van der Waals surface area contributed by atoms with E-state index in [1.807, 2.05) is 55.5 Å². The van der Waals surface area contributed by atoms with Crippen LogP contribution in [0.2, 0.25) is 0 Å². The Balaban J connectivity index is 0.00000512. The van der Waals surface area contributed by atoms with Crippen molar-refractivity contribution >= 4 is 41.8 Å². The number of hydrogen-bond donors (Lipinski definition) is 3. The number of carbonyl (C=O) groups excluding carboxylic acids is 2. The Hall–Kier alpha value is -2.62. The van der Waals surface area contributed by atoms with Gasteiger partial charge in [-0.05, 0) is 48.2 Å². The van der Waals surface area contributed by atoms with Crippen LogP contribution in [0.25, 0.3) is 0 Å². The summed E-state index contributed by atoms with van der Waals surface area (Å²) in [7, 11) is 5.22. The molecule has 0 aliphatic rings. The second-order valence-electron chi connectivity index (χ2n) is 7.46. The van der Waals surface area contributed by atoms with E-state index in [1.165, 1.54) is 0 Å². The van der Waals surface area contributed by atoms with Gasteiger partial charge < -0.3 is 20.9 Å². The van der Waals surface area contributed by atoms with Crippen molar-refractivity contribution in [1.29, 1.82) is 0 Å². The molecule has 0 aliphatic carbocycles. The highest BCUT2D eigenvalue weighted by Crippen LogP contribution is 2.08. The maximum Gasteiger partial charge on any atom is 0.253 e. The number of nitrogens with zero attached hydrogens (tertiary/aromatic N) is 2. The number of hydrogen-bond acceptors (Lipinski definition) is 3. The highest BCUT2D eigenvalue weighted by molar-refractivity contribution is 14.0. The summed E-state index contributed by atoms with van der Waals surface area (Å²) in [5, 5.41) is 9.45. The zero-order chi connectivity index (χ0) is 22.6. The minimum Gasteiger partial charge on any atom is -0.356 e. The molecule has 0 radical (unpaired) electrons. The first-order valence-corrected chi connectivity index (χ1v) is 10.6. The van der Waals surface area contributed by atoms with Gasteiger partial charge in [-0.25, -0.2) is 0 Å². The average Bonchev–Trinajstić information content (AvgIpc) is 2.79. The number of carbonyl (C=O) groups is 2. The molecule has 2 rings (SSSR count). The summed E-state index contributed by atoms with van der Waals surface area (Å²) in [4.78, 5) is 30.1. The van der Waals surface area contributed by atoms with E-state index in [0.717, 1.165) is 24.0 Å². The van der Waals surface area contributed by atoms with Crippen molar-refractivity contribution < 1.29 is 9.59 Å². The van der Waals surface area contributed by atoms with Gasteiger partial charge in [-0.15, -0.1) is 24.0 Å². The number of halogens is 1. The van der Waals surface area contributed by atoms with E-state index in [2.05, 4.69) is 20.9 Å². The molecule has 0 heterocycles. The molecule has 0 unspecified atom stereocenters. The van der Waals surface area contributed by atoms with Gasteiger partial charge in [-0.2, -0.15) is 0 Å². The Morgan fingerprint density at radius 3 is 2.22 bits per heavy atom. The summed E-state index contributed by atoms with van der Waals surface area (Å²) in [6, 6.07) is 15.2. The van der Waals surface area contributed by atoms with Crippen LogP contribution in [0.4, 0.5) is 0 Å². The van der Waals surface area contributed by atoms with Crippen LogP contribution in [-0.2, 0) is 13.0 Å². The lowest BCUT2D eigenvalue weighted by Gasteiger charge is -2.13. The van der Waals surface area contributed by atoms with Crippen LogP contribution in [0, 0.1) is 0 Å². The van der Waals surface area contributed by atoms with Crippen molar-refractivity contribution in [3.8, 4) is 0 Å². The van der Waals surface area contributed by atoms with Crippen LogP contribution in [0.3, 0.4) is 0 Å². The molecule has 8 heteroatoms. The molecule has 0 spiro atoms. The van der Waals surface area contributed by atoms with E-state index in [-0.39, 0.29) is 35.8 Å². The lowest BCUT2D eigenvalue weighted by atomic mass is 10.1. The average molecular weight is 551 g/mol. The van der Waals surface area contributed by atoms with Gasteiger partial charge in [0.2, 0.25) is 0 Å². The Kier molecular flexibility index (Phi) is 12.4. The quantitative estimate of drug-likeness (QED) is 0.254. The second kappa shape index (κ2) is 14.4. The summed E-state index contributed by atoms with van der Waals surface area (Å²) < 4.78 is 0. The molecule has 0 aliphatic heterocycles. The van der Waals surface area contributed by atoms with Gasteiger partial charge in [0.25, 0.3) is 11.8 Å². The van der Waals surface area contributed by atoms with E-state index in [9.17, 15) is 9.59 Å². The van der Waals surface area contributed by atoms with E-state index >= 15 is 0 Å². The van der Waals surface area contributed by atoms with Crippen LogP contribution in [0.1, 0.15) is 45.2 Å². The van der Waals surface area contributed by atoms with Gasteiger partial charge in [-0.3, -0.25) is 14.6 Å². The Morgan fingerprint density at radius 1 is 0.906 bits per heavy atom. The lowest BCUT2D eigenvalue weighted by Crippen LogP contribution is -2.37. The third kappa shape index (κ3) is 8.86. The number of amides is 2. The molecule has 0 saturated heterocycles. The van der Waals surface area contributed by atoms with E-state index in [4.69, 9.17) is 0 Å². The van der Waals surface area contributed by atoms with Crippen molar-refractivity contribution in [3.63, 3.8) is 0 Å². The monoisotopic (exact) mass is 551 g/mol. The van der Waals surface area contributed by atoms with E-state index in [0.29, 0.717) is 36.7 Å². The molecule has 2 aromatic carbocycles. The predicted molar refractivity (Wildman–Crippen MR) is 141 cm³/mol. The van der Waals surface area contributed by atoms with Crippen LogP contribution >= 0.6 is 24.0 Å². The third-order valence-electron chi connectivity index (χ3n) is 4.69. The Morgan fingerprint density at radius 2 is 1.56 bits per heavy atom. The number of nitrogens with one attached hydrogen (secondary N) is 3. The first-order chi connectivity index (χ1) is 14.9. The second-order valence-corrected chi connectivity index (χ2v) is 7.46. The van der Waals surface area contributed by atoms with Crippen molar-refractivity contribution in [2.75, 3.05) is 34.2 Å². The molecule has 7 nitrogen and oxygen atoms in total. The summed E-state index contributed by atoms with van der Waals surface area (Å²) >= 11 is 0. The van der Waals surface area contributed by atoms with E-state index < -0.39 is 0 Å². The van der Waals surface area contributed by atoms with Gasteiger partial charge in [0.05, 0.1) is 0 Å². The molecule has 0 atom stereocenters. The van der Waals surface area contributed by atoms with Gasteiger partial charge >= 0.3 is 0 Å². The zero-order valence-electron chi connectivity index (χ0n) is 19.3. The molecule has 32 heavy (non-hydrogen) atoms. The highest BCUT2D eigenvalue weighted by Gasteiger charge is 2.08. The molecule has 0 bridgehead atoms. The van der Waals surface area contributed by atoms with Gasteiger partial charge in [0.15, 0.2) is 5.96 Å². The summed E-state index contributed by atoms with van der Waals surface area (Å²) in [5.74, 6) is 0.625. The topological polar surface area (TPSA) is 85.8 Å². The molecular weight excluding hydrogens is 517 g/mol. The summed E-state index contributed by atoms with van der Waals surface area (Å²) in [6.45, 7) is 3.93. The lowest BCUT2D eigenvalue weighted by molar-refractivity contribution is 0.0827. The Labute approximate surface area is 208 Å². The van der Waals surface area contributed by atoms with Crippen molar-refractivity contribution in [1.82, 2.24) is 20.9 Å². The van der Waals surface area contributed by atoms with Crippen molar-refractivity contribution in [3.05, 3.63) is 70.8 Å². The van der Waals surface area contributed by atoms with Crippen molar-refractivity contribution in [2.24, 2.45) is 4.99 Å². The molecule has 3 N–H and O–H groups in total. The maximum atomic E-state index is 12.1. The number of guanidine groups is 1. The molecule has 0 fully saturated rings. The maximum absolute atomic E-state index is 12.1. The smallest absolute Gasteiger partial charge is 0.253 e.